The van der Waals surface area contributed by atoms with Gasteiger partial charge in [0, 0.05) is 18.2 Å². The number of carbonyl (C=O) groups is 3. The van der Waals surface area contributed by atoms with Crippen LogP contribution in [0.5, 0.6) is 5.75 Å². The molecule has 37 heavy (non-hydrogen) atoms. The van der Waals surface area contributed by atoms with Gasteiger partial charge in [-0.25, -0.2) is 22.9 Å². The van der Waals surface area contributed by atoms with Crippen molar-refractivity contribution in [2.45, 2.75) is 11.8 Å². The minimum Gasteiger partial charge on any atom is -0.497 e. The highest BCUT2D eigenvalue weighted by molar-refractivity contribution is 7.90. The first-order valence-corrected chi connectivity index (χ1v) is 12.4. The van der Waals surface area contributed by atoms with Gasteiger partial charge in [0.2, 0.25) is 5.91 Å². The van der Waals surface area contributed by atoms with Gasteiger partial charge in [0.15, 0.2) is 6.61 Å². The summed E-state index contributed by atoms with van der Waals surface area (Å²) in [6, 6.07) is 17.3. The van der Waals surface area contributed by atoms with Crippen LogP contribution in [-0.4, -0.2) is 49.9 Å². The third-order valence-electron chi connectivity index (χ3n) is 5.14. The lowest BCUT2D eigenvalue weighted by atomic mass is 10.2. The Labute approximate surface area is 211 Å². The number of nitrogens with one attached hydrogen (secondary N) is 3. The molecule has 0 unspecified atom stereocenters. The number of nitrogens with zero attached hydrogens (tertiary/aromatic N) is 1. The third kappa shape index (κ3) is 6.11. The zero-order valence-electron chi connectivity index (χ0n) is 19.8. The van der Waals surface area contributed by atoms with Crippen LogP contribution in [0.3, 0.4) is 0 Å². The van der Waals surface area contributed by atoms with Gasteiger partial charge in [-0.15, -0.1) is 0 Å². The molecule has 0 aliphatic heterocycles. The van der Waals surface area contributed by atoms with E-state index in [0.29, 0.717) is 16.9 Å². The van der Waals surface area contributed by atoms with E-state index >= 15 is 0 Å². The molecule has 4 rings (SSSR count). The first kappa shape index (κ1) is 25.4. The highest BCUT2D eigenvalue weighted by atomic mass is 32.2. The van der Waals surface area contributed by atoms with E-state index in [2.05, 4.69) is 15.3 Å². The van der Waals surface area contributed by atoms with Gasteiger partial charge in [0.25, 0.3) is 15.9 Å². The van der Waals surface area contributed by atoms with E-state index in [0.717, 1.165) is 18.2 Å². The number of carbonyl (C=O) groups excluding carboxylic acids is 3. The molecule has 3 aromatic carbocycles. The quantitative estimate of drug-likeness (QED) is 0.298. The molecular formula is C25H22N4O7S. The van der Waals surface area contributed by atoms with E-state index in [9.17, 15) is 22.8 Å². The van der Waals surface area contributed by atoms with Crippen LogP contribution in [0.15, 0.2) is 71.6 Å². The lowest BCUT2D eigenvalue weighted by Gasteiger charge is -2.08. The maximum Gasteiger partial charge on any atom is 0.338 e. The molecule has 0 radical (unpaired) electrons. The molecule has 0 bridgehead atoms. The second kappa shape index (κ2) is 10.5. The molecule has 2 amide bonds. The van der Waals surface area contributed by atoms with E-state index in [1.54, 1.807) is 25.3 Å². The maximum atomic E-state index is 12.5. The van der Waals surface area contributed by atoms with Crippen LogP contribution >= 0.6 is 0 Å². The zero-order valence-corrected chi connectivity index (χ0v) is 20.6. The number of sulfonamides is 1. The van der Waals surface area contributed by atoms with Crippen molar-refractivity contribution in [1.82, 2.24) is 14.7 Å². The number of hydrogen-bond acceptors (Lipinski definition) is 8. The van der Waals surface area contributed by atoms with Crippen molar-refractivity contribution in [3.05, 3.63) is 72.3 Å². The Morgan fingerprint density at radius 1 is 0.973 bits per heavy atom. The third-order valence-corrected chi connectivity index (χ3v) is 6.59. The second-order valence-corrected chi connectivity index (χ2v) is 9.54. The summed E-state index contributed by atoms with van der Waals surface area (Å²) in [5.74, 6) is -0.688. The van der Waals surface area contributed by atoms with E-state index in [-0.39, 0.29) is 16.1 Å². The smallest absolute Gasteiger partial charge is 0.338 e. The maximum absolute atomic E-state index is 12.5. The molecule has 0 spiro atoms. The van der Waals surface area contributed by atoms with Crippen molar-refractivity contribution in [2.24, 2.45) is 0 Å². The van der Waals surface area contributed by atoms with E-state index in [1.165, 1.54) is 24.3 Å². The average molecular weight is 523 g/mol. The summed E-state index contributed by atoms with van der Waals surface area (Å²) in [6.45, 7) is 0.531. The molecule has 0 aliphatic carbocycles. The Kier molecular flexibility index (Phi) is 7.20. The van der Waals surface area contributed by atoms with Crippen LogP contribution in [0.2, 0.25) is 0 Å². The number of H-pyrrole nitrogens is 1. The van der Waals surface area contributed by atoms with Gasteiger partial charge in [-0.1, -0.05) is 0 Å². The molecule has 0 atom stereocenters. The highest BCUT2D eigenvalue weighted by Gasteiger charge is 2.16. The molecule has 1 heterocycles. The first-order chi connectivity index (χ1) is 17.6. The van der Waals surface area contributed by atoms with Gasteiger partial charge in [-0.2, -0.15) is 0 Å². The van der Waals surface area contributed by atoms with Gasteiger partial charge in [-0.3, -0.25) is 9.59 Å². The molecule has 0 aliphatic rings. The number of methoxy groups -OCH3 is 1. The van der Waals surface area contributed by atoms with Gasteiger partial charge in [0.1, 0.15) is 11.6 Å². The number of fused-ring (bicyclic) bond motifs is 1. The van der Waals surface area contributed by atoms with Gasteiger partial charge >= 0.3 is 5.97 Å². The molecule has 4 aromatic rings. The molecule has 12 heteroatoms. The topological polar surface area (TPSA) is 157 Å². The van der Waals surface area contributed by atoms with Crippen molar-refractivity contribution < 1.29 is 32.3 Å². The number of imidazole rings is 1. The summed E-state index contributed by atoms with van der Waals surface area (Å²) < 4.78 is 36.1. The van der Waals surface area contributed by atoms with Crippen LogP contribution < -0.4 is 14.8 Å². The van der Waals surface area contributed by atoms with Crippen molar-refractivity contribution >= 4 is 44.5 Å². The molecule has 0 fully saturated rings. The summed E-state index contributed by atoms with van der Waals surface area (Å²) in [5, 5.41) is 2.50. The number of esters is 1. The van der Waals surface area contributed by atoms with Crippen LogP contribution in [-0.2, 0) is 24.3 Å². The molecule has 0 saturated carbocycles. The SMILES string of the molecule is COc1ccc(-c2nc3ccc(C(=O)OCC(=O)Nc4ccc(S(=O)(=O)NC(C)=O)cc4)cc3[nH]2)cc1. The Bertz CT molecular complexity index is 1580. The minimum atomic E-state index is -3.98. The number of rotatable bonds is 8. The molecule has 11 nitrogen and oxygen atoms in total. The predicted molar refractivity (Wildman–Crippen MR) is 134 cm³/mol. The van der Waals surface area contributed by atoms with Crippen LogP contribution in [0.25, 0.3) is 22.4 Å². The number of ether oxygens (including phenoxy) is 2. The van der Waals surface area contributed by atoms with Crippen molar-refractivity contribution in [3.63, 3.8) is 0 Å². The fraction of sp³-hybridized carbons (Fsp3) is 0.120. The Morgan fingerprint density at radius 2 is 1.68 bits per heavy atom. The predicted octanol–water partition coefficient (Wildman–Crippen LogP) is 2.86. The number of aromatic nitrogens is 2. The molecule has 190 valence electrons. The summed E-state index contributed by atoms with van der Waals surface area (Å²) in [4.78, 5) is 43.3. The largest absolute Gasteiger partial charge is 0.497 e. The van der Waals surface area contributed by atoms with Gasteiger partial charge < -0.3 is 19.8 Å². The minimum absolute atomic E-state index is 0.142. The van der Waals surface area contributed by atoms with Gasteiger partial charge in [0.05, 0.1) is 28.6 Å². The number of benzene rings is 3. The number of hydrogen-bond donors (Lipinski definition) is 3. The number of amides is 2. The Balaban J connectivity index is 1.36. The van der Waals surface area contributed by atoms with Crippen LogP contribution in [0.4, 0.5) is 5.69 Å². The monoisotopic (exact) mass is 522 g/mol. The summed E-state index contributed by atoms with van der Waals surface area (Å²) in [5.41, 5.74) is 2.65. The second-order valence-electron chi connectivity index (χ2n) is 7.86. The number of anilines is 1. The lowest BCUT2D eigenvalue weighted by molar-refractivity contribution is -0.119. The first-order valence-electron chi connectivity index (χ1n) is 10.9. The molecule has 1 aromatic heterocycles. The van der Waals surface area contributed by atoms with Crippen molar-refractivity contribution in [2.75, 3.05) is 19.0 Å². The van der Waals surface area contributed by atoms with E-state index in [4.69, 9.17) is 9.47 Å². The fourth-order valence-electron chi connectivity index (χ4n) is 3.40. The fourth-order valence-corrected chi connectivity index (χ4v) is 4.39. The van der Waals surface area contributed by atoms with E-state index in [1.807, 2.05) is 29.0 Å². The molecule has 3 N–H and O–H groups in total. The van der Waals surface area contributed by atoms with E-state index < -0.39 is 34.4 Å². The summed E-state index contributed by atoms with van der Waals surface area (Å²) in [7, 11) is -2.40. The average Bonchev–Trinajstić information content (AvgIpc) is 3.30. The Hall–Kier alpha value is -4.71. The van der Waals surface area contributed by atoms with Crippen LogP contribution in [0, 0.1) is 0 Å². The molecule has 0 saturated heterocycles. The zero-order chi connectivity index (χ0) is 26.6. The normalized spacial score (nSPS) is 11.1. The van der Waals surface area contributed by atoms with Crippen LogP contribution in [0.1, 0.15) is 17.3 Å². The summed E-state index contributed by atoms with van der Waals surface area (Å²) in [6.07, 6.45) is 0. The van der Waals surface area contributed by atoms with Gasteiger partial charge in [-0.05, 0) is 66.7 Å². The standard InChI is InChI=1S/C25H22N4O7S/c1-15(30)29-37(33,34)20-10-6-18(7-11-20)26-23(31)14-36-25(32)17-5-12-21-22(13-17)28-24(27-21)16-3-8-19(35-2)9-4-16/h3-13H,14H2,1-2H3,(H,26,31)(H,27,28)(H,29,30). The number of aromatic amines is 1. The van der Waals surface area contributed by atoms with Crippen molar-refractivity contribution in [3.8, 4) is 17.1 Å². The lowest BCUT2D eigenvalue weighted by Crippen LogP contribution is -2.28. The highest BCUT2D eigenvalue weighted by Crippen LogP contribution is 2.23. The summed E-state index contributed by atoms with van der Waals surface area (Å²) >= 11 is 0. The Morgan fingerprint density at radius 3 is 2.32 bits per heavy atom. The molecular weight excluding hydrogens is 500 g/mol. The van der Waals surface area contributed by atoms with Crippen molar-refractivity contribution in [1.29, 1.82) is 0 Å².